The first-order valence-electron chi connectivity index (χ1n) is 5.60. The lowest BCUT2D eigenvalue weighted by molar-refractivity contribution is -0.384. The van der Waals surface area contributed by atoms with Crippen molar-refractivity contribution in [1.82, 2.24) is 9.66 Å². The third kappa shape index (κ3) is 1.55. The minimum absolute atomic E-state index is 0.122. The highest BCUT2D eigenvalue weighted by molar-refractivity contribution is 6.04. The van der Waals surface area contributed by atoms with Crippen molar-refractivity contribution in [3.8, 4) is 0 Å². The Labute approximate surface area is 110 Å². The Kier molecular flexibility index (Phi) is 2.33. The van der Waals surface area contributed by atoms with Crippen LogP contribution in [-0.2, 0) is 0 Å². The molecule has 0 amide bonds. The zero-order chi connectivity index (χ0) is 14.4. The number of non-ortho nitro benzene ring substituents is 1. The van der Waals surface area contributed by atoms with Gasteiger partial charge in [0.25, 0.3) is 5.69 Å². The molecule has 3 aromatic rings. The van der Waals surface area contributed by atoms with Crippen LogP contribution in [0.2, 0.25) is 0 Å². The first kappa shape index (κ1) is 11.9. The number of nitrogens with two attached hydrogens (primary N) is 1. The third-order valence-electron chi connectivity index (χ3n) is 3.09. The van der Waals surface area contributed by atoms with Gasteiger partial charge in [0.15, 0.2) is 0 Å². The van der Waals surface area contributed by atoms with E-state index in [9.17, 15) is 19.7 Å². The molecule has 3 rings (SSSR count). The predicted octanol–water partition coefficient (Wildman–Crippen LogP) is 0.465. The Morgan fingerprint density at radius 3 is 2.60 bits per heavy atom. The van der Waals surface area contributed by atoms with E-state index in [1.54, 1.807) is 18.2 Å². The van der Waals surface area contributed by atoms with Gasteiger partial charge in [-0.1, -0.05) is 6.07 Å². The van der Waals surface area contributed by atoms with E-state index in [1.807, 2.05) is 0 Å². The molecule has 0 radical (unpaired) electrons. The predicted molar refractivity (Wildman–Crippen MR) is 73.1 cm³/mol. The summed E-state index contributed by atoms with van der Waals surface area (Å²) < 4.78 is 0.709. The van der Waals surface area contributed by atoms with Gasteiger partial charge in [0.1, 0.15) is 0 Å². The molecule has 8 nitrogen and oxygen atoms in total. The first-order chi connectivity index (χ1) is 9.49. The zero-order valence-electron chi connectivity index (χ0n) is 9.99. The van der Waals surface area contributed by atoms with Crippen molar-refractivity contribution in [3.05, 3.63) is 61.2 Å². The lowest BCUT2D eigenvalue weighted by Crippen LogP contribution is -2.40. The molecule has 0 spiro atoms. The van der Waals surface area contributed by atoms with E-state index in [2.05, 4.69) is 4.98 Å². The second-order valence-electron chi connectivity index (χ2n) is 4.25. The van der Waals surface area contributed by atoms with Gasteiger partial charge in [0, 0.05) is 17.5 Å². The highest BCUT2D eigenvalue weighted by atomic mass is 16.6. The largest absolute Gasteiger partial charge is 0.336 e. The molecule has 0 aliphatic rings. The average Bonchev–Trinajstić information content (AvgIpc) is 2.43. The lowest BCUT2D eigenvalue weighted by atomic mass is 10.1. The number of aromatic nitrogens is 2. The molecule has 2 aromatic carbocycles. The maximum atomic E-state index is 11.6. The van der Waals surface area contributed by atoms with Gasteiger partial charge in [-0.2, -0.15) is 0 Å². The smallest absolute Gasteiger partial charge is 0.334 e. The average molecular weight is 272 g/mol. The van der Waals surface area contributed by atoms with Crippen LogP contribution in [0.4, 0.5) is 5.69 Å². The number of nitrogen functional groups attached to an aromatic ring is 1. The van der Waals surface area contributed by atoms with E-state index in [0.29, 0.717) is 21.0 Å². The van der Waals surface area contributed by atoms with Crippen LogP contribution in [0.5, 0.6) is 0 Å². The Morgan fingerprint density at radius 1 is 1.20 bits per heavy atom. The van der Waals surface area contributed by atoms with Crippen molar-refractivity contribution in [2.75, 3.05) is 5.84 Å². The Balaban J connectivity index is 2.60. The molecule has 0 aliphatic carbocycles. The number of hydrogen-bond acceptors (Lipinski definition) is 5. The van der Waals surface area contributed by atoms with Crippen molar-refractivity contribution in [1.29, 1.82) is 0 Å². The van der Waals surface area contributed by atoms with Crippen LogP contribution in [0.15, 0.2) is 39.9 Å². The van der Waals surface area contributed by atoms with Gasteiger partial charge in [0.05, 0.1) is 16.0 Å². The maximum absolute atomic E-state index is 11.6. The summed E-state index contributed by atoms with van der Waals surface area (Å²) in [4.78, 5) is 35.7. The van der Waals surface area contributed by atoms with E-state index in [-0.39, 0.29) is 11.2 Å². The maximum Gasteiger partial charge on any atom is 0.334 e. The molecule has 1 aromatic heterocycles. The van der Waals surface area contributed by atoms with Gasteiger partial charge in [-0.3, -0.25) is 19.7 Å². The fourth-order valence-electron chi connectivity index (χ4n) is 2.15. The fraction of sp³-hybridized carbons (Fsp3) is 0. The summed E-state index contributed by atoms with van der Waals surface area (Å²) in [7, 11) is 0. The number of hydrogen-bond donors (Lipinski definition) is 2. The quantitative estimate of drug-likeness (QED) is 0.219. The van der Waals surface area contributed by atoms with E-state index in [1.165, 1.54) is 12.1 Å². The highest BCUT2D eigenvalue weighted by Crippen LogP contribution is 2.26. The summed E-state index contributed by atoms with van der Waals surface area (Å²) in [6, 6.07) is 7.51. The number of benzene rings is 2. The summed E-state index contributed by atoms with van der Waals surface area (Å²) in [5, 5.41) is 11.9. The molecule has 0 atom stereocenters. The number of nitro benzene ring substituents is 1. The SMILES string of the molecule is Nn1c(=O)c(=O)[nH]c2ccc3ccc([N+](=O)[O-])cc3c21. The van der Waals surface area contributed by atoms with Crippen LogP contribution < -0.4 is 17.0 Å². The Bertz CT molecular complexity index is 986. The second kappa shape index (κ2) is 3.92. The van der Waals surface area contributed by atoms with Gasteiger partial charge in [-0.15, -0.1) is 0 Å². The zero-order valence-corrected chi connectivity index (χ0v) is 9.99. The monoisotopic (exact) mass is 272 g/mol. The lowest BCUT2D eigenvalue weighted by Gasteiger charge is -2.07. The summed E-state index contributed by atoms with van der Waals surface area (Å²) >= 11 is 0. The Morgan fingerprint density at radius 2 is 1.90 bits per heavy atom. The molecule has 0 saturated carbocycles. The molecule has 8 heteroatoms. The minimum Gasteiger partial charge on any atom is -0.336 e. The summed E-state index contributed by atoms with van der Waals surface area (Å²) in [5.41, 5.74) is -1.30. The van der Waals surface area contributed by atoms with Crippen LogP contribution in [0, 0.1) is 10.1 Å². The van der Waals surface area contributed by atoms with Crippen LogP contribution in [0.3, 0.4) is 0 Å². The number of H-pyrrole nitrogens is 1. The van der Waals surface area contributed by atoms with Crippen molar-refractivity contribution in [2.45, 2.75) is 0 Å². The van der Waals surface area contributed by atoms with Gasteiger partial charge in [-0.25, -0.2) is 4.68 Å². The molecule has 0 bridgehead atoms. The van der Waals surface area contributed by atoms with E-state index in [0.717, 1.165) is 0 Å². The summed E-state index contributed by atoms with van der Waals surface area (Å²) in [6.07, 6.45) is 0. The fourth-order valence-corrected chi connectivity index (χ4v) is 2.15. The topological polar surface area (TPSA) is 124 Å². The molecule has 0 fully saturated rings. The van der Waals surface area contributed by atoms with Crippen LogP contribution in [0.25, 0.3) is 21.8 Å². The second-order valence-corrected chi connectivity index (χ2v) is 4.25. The molecule has 20 heavy (non-hydrogen) atoms. The standard InChI is InChI=1S/C12H8N4O4/c13-15-10-8-5-7(16(19)20)3-1-6(8)2-4-9(10)14-11(17)12(15)18/h1-5H,13H2,(H,14,17). The molecule has 100 valence electrons. The van der Waals surface area contributed by atoms with Gasteiger partial charge in [0.2, 0.25) is 0 Å². The number of nitrogens with one attached hydrogen (secondary N) is 1. The summed E-state index contributed by atoms with van der Waals surface area (Å²) in [6.45, 7) is 0. The number of rotatable bonds is 1. The molecule has 3 N–H and O–H groups in total. The number of nitrogens with zero attached hydrogens (tertiary/aromatic N) is 2. The van der Waals surface area contributed by atoms with E-state index < -0.39 is 16.0 Å². The molecular formula is C12H8N4O4. The van der Waals surface area contributed by atoms with Crippen LogP contribution in [-0.4, -0.2) is 14.6 Å². The van der Waals surface area contributed by atoms with Crippen molar-refractivity contribution in [2.24, 2.45) is 0 Å². The van der Waals surface area contributed by atoms with Gasteiger partial charge >= 0.3 is 11.1 Å². The Hall–Kier alpha value is -3.16. The van der Waals surface area contributed by atoms with Crippen LogP contribution in [0.1, 0.15) is 0 Å². The molecule has 0 saturated heterocycles. The van der Waals surface area contributed by atoms with Crippen LogP contribution >= 0.6 is 0 Å². The molecule has 0 unspecified atom stereocenters. The molecular weight excluding hydrogens is 264 g/mol. The number of fused-ring (bicyclic) bond motifs is 3. The minimum atomic E-state index is -0.920. The normalized spacial score (nSPS) is 11.0. The van der Waals surface area contributed by atoms with Crippen molar-refractivity contribution < 1.29 is 4.92 Å². The highest BCUT2D eigenvalue weighted by Gasteiger charge is 2.12. The van der Waals surface area contributed by atoms with Gasteiger partial charge < -0.3 is 10.8 Å². The summed E-state index contributed by atoms with van der Waals surface area (Å²) in [5.74, 6) is 5.63. The molecule has 1 heterocycles. The number of aromatic amines is 1. The van der Waals surface area contributed by atoms with E-state index >= 15 is 0 Å². The first-order valence-corrected chi connectivity index (χ1v) is 5.60. The van der Waals surface area contributed by atoms with E-state index in [4.69, 9.17) is 5.84 Å². The molecule has 0 aliphatic heterocycles. The van der Waals surface area contributed by atoms with Crippen molar-refractivity contribution in [3.63, 3.8) is 0 Å². The van der Waals surface area contributed by atoms with Crippen molar-refractivity contribution >= 4 is 27.5 Å². The van der Waals surface area contributed by atoms with Gasteiger partial charge in [-0.05, 0) is 17.5 Å². The number of nitro groups is 1. The third-order valence-corrected chi connectivity index (χ3v) is 3.09.